The number of nitrogens with zero attached hydrogens (tertiary/aromatic N) is 2. The van der Waals surface area contributed by atoms with Crippen molar-refractivity contribution in [2.24, 2.45) is 22.2 Å². The van der Waals surface area contributed by atoms with Crippen molar-refractivity contribution in [3.8, 4) is 0 Å². The average molecular weight is 488 g/mol. The third-order valence-corrected chi connectivity index (χ3v) is 5.18. The molecular weight excluding hydrogens is 454 g/mol. The molecule has 1 saturated heterocycles. The molecule has 3 amide bonds. The second-order valence-electron chi connectivity index (χ2n) is 7.97. The number of aliphatic hydroxyl groups excluding tert-OH is 1. The van der Waals surface area contributed by atoms with Crippen LogP contribution in [0, 0.1) is 0 Å². The quantitative estimate of drug-likeness (QED) is 0.0710. The fourth-order valence-corrected chi connectivity index (χ4v) is 3.42. The van der Waals surface area contributed by atoms with Crippen LogP contribution in [0.25, 0.3) is 0 Å². The molecule has 0 radical (unpaired) electrons. The van der Waals surface area contributed by atoms with E-state index in [4.69, 9.17) is 27.4 Å². The first-order valence-corrected chi connectivity index (χ1v) is 10.7. The highest BCUT2D eigenvalue weighted by Crippen LogP contribution is 2.20. The summed E-state index contributed by atoms with van der Waals surface area (Å²) in [6, 6.07) is -5.17. The molecule has 5 unspecified atom stereocenters. The molecule has 0 bridgehead atoms. The van der Waals surface area contributed by atoms with Gasteiger partial charge in [0.05, 0.1) is 18.6 Å². The Hall–Kier alpha value is -3.46. The van der Waals surface area contributed by atoms with Gasteiger partial charge in [-0.2, -0.15) is 0 Å². The lowest BCUT2D eigenvalue weighted by atomic mass is 10.1. The zero-order valence-corrected chi connectivity index (χ0v) is 18.8. The maximum Gasteiger partial charge on any atom is 0.326 e. The van der Waals surface area contributed by atoms with Gasteiger partial charge in [0.25, 0.3) is 0 Å². The van der Waals surface area contributed by atoms with Gasteiger partial charge in [-0.15, -0.1) is 0 Å². The number of aliphatic hydroxyl groups is 1. The number of rotatable bonds is 13. The zero-order valence-electron chi connectivity index (χ0n) is 18.8. The number of nitrogens with one attached hydrogen (secondary N) is 2. The van der Waals surface area contributed by atoms with Gasteiger partial charge in [-0.3, -0.25) is 24.2 Å². The summed E-state index contributed by atoms with van der Waals surface area (Å²) in [4.78, 5) is 65.1. The van der Waals surface area contributed by atoms with Crippen molar-refractivity contribution in [2.75, 3.05) is 13.1 Å². The first-order chi connectivity index (χ1) is 15.8. The van der Waals surface area contributed by atoms with Crippen LogP contribution in [-0.2, 0) is 24.0 Å². The van der Waals surface area contributed by atoms with Gasteiger partial charge in [-0.25, -0.2) is 4.79 Å². The number of aliphatic imine (C=N–C) groups is 1. The third kappa shape index (κ3) is 8.82. The minimum absolute atomic E-state index is 0.0976. The molecule has 15 heteroatoms. The molecule has 0 spiro atoms. The highest BCUT2D eigenvalue weighted by atomic mass is 16.4. The van der Waals surface area contributed by atoms with Crippen LogP contribution in [-0.4, -0.2) is 99.2 Å². The summed E-state index contributed by atoms with van der Waals surface area (Å²) in [5.74, 6) is -5.34. The average Bonchev–Trinajstić information content (AvgIpc) is 3.23. The van der Waals surface area contributed by atoms with E-state index in [1.807, 2.05) is 0 Å². The SMILES string of the molecule is CC(O)C(NC(=O)C(N)CCCN=C(N)N)C(=O)N1CCCC1C(=O)NC(CC(=O)O)C(=O)O. The van der Waals surface area contributed by atoms with Crippen LogP contribution in [0.2, 0.25) is 0 Å². The predicted octanol–water partition coefficient (Wildman–Crippen LogP) is -3.73. The summed E-state index contributed by atoms with van der Waals surface area (Å²) in [7, 11) is 0. The van der Waals surface area contributed by atoms with Crippen molar-refractivity contribution in [1.82, 2.24) is 15.5 Å². The number of aliphatic carboxylic acids is 2. The maximum atomic E-state index is 13.1. The molecule has 34 heavy (non-hydrogen) atoms. The Morgan fingerprint density at radius 1 is 1.15 bits per heavy atom. The van der Waals surface area contributed by atoms with E-state index in [0.717, 1.165) is 4.90 Å². The van der Waals surface area contributed by atoms with E-state index in [1.165, 1.54) is 6.92 Å². The Bertz CT molecular complexity index is 800. The first kappa shape index (κ1) is 28.6. The largest absolute Gasteiger partial charge is 0.481 e. The first-order valence-electron chi connectivity index (χ1n) is 10.7. The van der Waals surface area contributed by atoms with E-state index >= 15 is 0 Å². The van der Waals surface area contributed by atoms with E-state index in [2.05, 4.69) is 15.6 Å². The molecule has 0 aromatic heterocycles. The van der Waals surface area contributed by atoms with Crippen LogP contribution in [0.1, 0.15) is 39.0 Å². The van der Waals surface area contributed by atoms with Crippen LogP contribution in [0.5, 0.6) is 0 Å². The second kappa shape index (κ2) is 13.3. The standard InChI is InChI=1S/C19H33N7O8/c1-9(27)14(25-15(30)10(20)4-2-6-23-19(21)22)17(32)26-7-3-5-12(26)16(31)24-11(18(33)34)8-13(28)29/h9-12,14,27H,2-8,20H2,1H3,(H,24,31)(H,25,30)(H,28,29)(H,33,34)(H4,21,22,23). The number of guanidine groups is 1. The van der Waals surface area contributed by atoms with Crippen molar-refractivity contribution in [3.63, 3.8) is 0 Å². The normalized spacial score (nSPS) is 18.8. The van der Waals surface area contributed by atoms with Gasteiger partial charge in [0.2, 0.25) is 17.7 Å². The molecule has 0 aromatic carbocycles. The number of likely N-dealkylation sites (tertiary alicyclic amines) is 1. The minimum atomic E-state index is -1.67. The van der Waals surface area contributed by atoms with E-state index in [-0.39, 0.29) is 31.9 Å². The van der Waals surface area contributed by atoms with Gasteiger partial charge in [-0.05, 0) is 32.6 Å². The number of carboxylic acids is 2. The summed E-state index contributed by atoms with van der Waals surface area (Å²) in [5.41, 5.74) is 16.3. The topological polar surface area (TPSA) is 264 Å². The predicted molar refractivity (Wildman–Crippen MR) is 118 cm³/mol. The van der Waals surface area contributed by atoms with Gasteiger partial charge < -0.3 is 48.1 Å². The van der Waals surface area contributed by atoms with Crippen molar-refractivity contribution >= 4 is 35.6 Å². The van der Waals surface area contributed by atoms with Crippen molar-refractivity contribution in [1.29, 1.82) is 0 Å². The van der Waals surface area contributed by atoms with Crippen LogP contribution < -0.4 is 27.8 Å². The monoisotopic (exact) mass is 487 g/mol. The highest BCUT2D eigenvalue weighted by molar-refractivity contribution is 5.95. The fourth-order valence-electron chi connectivity index (χ4n) is 3.42. The van der Waals surface area contributed by atoms with Gasteiger partial charge in [0, 0.05) is 13.1 Å². The van der Waals surface area contributed by atoms with Crippen molar-refractivity contribution in [2.45, 2.75) is 69.3 Å². The van der Waals surface area contributed by atoms with Crippen LogP contribution in [0.3, 0.4) is 0 Å². The lowest BCUT2D eigenvalue weighted by molar-refractivity contribution is -0.149. The van der Waals surface area contributed by atoms with E-state index in [1.54, 1.807) is 0 Å². The summed E-state index contributed by atoms with van der Waals surface area (Å²) >= 11 is 0. The molecule has 1 heterocycles. The van der Waals surface area contributed by atoms with Crippen LogP contribution in [0.4, 0.5) is 0 Å². The number of amides is 3. The van der Waals surface area contributed by atoms with E-state index < -0.39 is 66.4 Å². The summed E-state index contributed by atoms with van der Waals surface area (Å²) in [6.07, 6.45) is -0.955. The van der Waals surface area contributed by atoms with E-state index in [0.29, 0.717) is 12.8 Å². The lowest BCUT2D eigenvalue weighted by Gasteiger charge is -2.31. The Labute approximate surface area is 195 Å². The smallest absolute Gasteiger partial charge is 0.326 e. The number of carbonyl (C=O) groups excluding carboxylic acids is 3. The molecule has 1 aliphatic heterocycles. The summed E-state index contributed by atoms with van der Waals surface area (Å²) < 4.78 is 0. The Kier molecular flexibility index (Phi) is 11.2. The van der Waals surface area contributed by atoms with Crippen molar-refractivity contribution in [3.05, 3.63) is 0 Å². The molecule has 0 aromatic rings. The Morgan fingerprint density at radius 3 is 2.32 bits per heavy atom. The second-order valence-corrected chi connectivity index (χ2v) is 7.97. The third-order valence-electron chi connectivity index (χ3n) is 5.18. The zero-order chi connectivity index (χ0) is 26.0. The molecule has 1 fully saturated rings. The van der Waals surface area contributed by atoms with Crippen molar-refractivity contribution < 1.29 is 39.3 Å². The number of hydrogen-bond acceptors (Lipinski definition) is 8. The number of carbonyl (C=O) groups is 5. The molecule has 0 saturated carbocycles. The molecule has 5 atom stereocenters. The summed E-state index contributed by atoms with van der Waals surface area (Å²) in [6.45, 7) is 1.66. The molecule has 1 rings (SSSR count). The minimum Gasteiger partial charge on any atom is -0.481 e. The molecule has 192 valence electrons. The maximum absolute atomic E-state index is 13.1. The Morgan fingerprint density at radius 2 is 1.79 bits per heavy atom. The fraction of sp³-hybridized carbons (Fsp3) is 0.684. The van der Waals surface area contributed by atoms with Gasteiger partial charge >= 0.3 is 11.9 Å². The lowest BCUT2D eigenvalue weighted by Crippen LogP contribution is -2.59. The van der Waals surface area contributed by atoms with Crippen LogP contribution in [0.15, 0.2) is 4.99 Å². The molecule has 1 aliphatic rings. The number of hydrogen-bond donors (Lipinski definition) is 8. The molecular formula is C19H33N7O8. The van der Waals surface area contributed by atoms with E-state index in [9.17, 15) is 29.1 Å². The molecule has 15 nitrogen and oxygen atoms in total. The number of nitrogens with two attached hydrogens (primary N) is 3. The van der Waals surface area contributed by atoms with Gasteiger partial charge in [0.1, 0.15) is 18.1 Å². The summed E-state index contributed by atoms with van der Waals surface area (Å²) in [5, 5.41) is 32.6. The van der Waals surface area contributed by atoms with Crippen LogP contribution >= 0.6 is 0 Å². The Balaban J connectivity index is 2.84. The van der Waals surface area contributed by atoms with Gasteiger partial charge in [0.15, 0.2) is 5.96 Å². The number of carboxylic acid groups (broad SMARTS) is 2. The van der Waals surface area contributed by atoms with Gasteiger partial charge in [-0.1, -0.05) is 0 Å². The highest BCUT2D eigenvalue weighted by Gasteiger charge is 2.40. The molecule has 11 N–H and O–H groups in total. The molecule has 0 aliphatic carbocycles.